The Labute approximate surface area is 83.6 Å². The van der Waals surface area contributed by atoms with Crippen molar-refractivity contribution in [2.45, 2.75) is 26.4 Å². The maximum atomic E-state index is 5.76. The van der Waals surface area contributed by atoms with Gasteiger partial charge in [0.25, 0.3) is 0 Å². The highest BCUT2D eigenvalue weighted by molar-refractivity contribution is 5.79. The van der Waals surface area contributed by atoms with Gasteiger partial charge in [0.2, 0.25) is 0 Å². The zero-order chi connectivity index (χ0) is 10.1. The summed E-state index contributed by atoms with van der Waals surface area (Å²) in [5.41, 5.74) is 7.98. The second-order valence-electron chi connectivity index (χ2n) is 3.83. The normalized spacial score (nSPS) is 13.4. The average Bonchev–Trinajstić information content (AvgIpc) is 2.47. The van der Waals surface area contributed by atoms with Crippen LogP contribution in [-0.4, -0.2) is 15.6 Å². The fourth-order valence-electron chi connectivity index (χ4n) is 1.67. The van der Waals surface area contributed by atoms with Crippen molar-refractivity contribution in [2.75, 3.05) is 0 Å². The van der Waals surface area contributed by atoms with Crippen LogP contribution in [0.15, 0.2) is 24.5 Å². The number of rotatable bonds is 2. The van der Waals surface area contributed by atoms with Crippen LogP contribution in [-0.2, 0) is 6.54 Å². The smallest absolute Gasteiger partial charge is 0.0667 e. The summed E-state index contributed by atoms with van der Waals surface area (Å²) in [6.07, 6.45) is 3.97. The van der Waals surface area contributed by atoms with Gasteiger partial charge in [-0.3, -0.25) is 4.98 Å². The molecule has 3 heteroatoms. The molecule has 2 N–H and O–H groups in total. The highest BCUT2D eigenvalue weighted by Gasteiger charge is 2.03. The number of hydrogen-bond donors (Lipinski definition) is 1. The van der Waals surface area contributed by atoms with Gasteiger partial charge in [0, 0.05) is 29.9 Å². The van der Waals surface area contributed by atoms with Gasteiger partial charge < -0.3 is 10.3 Å². The first-order chi connectivity index (χ1) is 6.66. The van der Waals surface area contributed by atoms with Crippen molar-refractivity contribution >= 4 is 10.9 Å². The summed E-state index contributed by atoms with van der Waals surface area (Å²) in [5, 5.41) is 1.23. The fraction of sp³-hybridized carbons (Fsp3) is 0.364. The topological polar surface area (TPSA) is 43.8 Å². The van der Waals surface area contributed by atoms with Gasteiger partial charge in [0.15, 0.2) is 0 Å². The molecule has 0 unspecified atom stereocenters. The predicted octanol–water partition coefficient (Wildman–Crippen LogP) is 1.69. The van der Waals surface area contributed by atoms with E-state index in [4.69, 9.17) is 5.73 Å². The molecule has 2 rings (SSSR count). The summed E-state index contributed by atoms with van der Waals surface area (Å²) in [4.78, 5) is 4.29. The Kier molecular flexibility index (Phi) is 2.25. The molecule has 74 valence electrons. The number of nitrogens with zero attached hydrogens (tertiary/aromatic N) is 2. The van der Waals surface area contributed by atoms with E-state index in [9.17, 15) is 0 Å². The molecule has 1 atom stereocenters. The van der Waals surface area contributed by atoms with Crippen molar-refractivity contribution in [1.29, 1.82) is 0 Å². The Bertz CT molecular complexity index is 443. The monoisotopic (exact) mass is 189 g/mol. The molecule has 0 aliphatic rings. The van der Waals surface area contributed by atoms with Crippen LogP contribution in [0, 0.1) is 6.92 Å². The molecule has 0 fully saturated rings. The Hall–Kier alpha value is -1.35. The van der Waals surface area contributed by atoms with Crippen LogP contribution in [0.3, 0.4) is 0 Å². The first-order valence-corrected chi connectivity index (χ1v) is 4.84. The largest absolute Gasteiger partial charge is 0.345 e. The summed E-state index contributed by atoms with van der Waals surface area (Å²) in [6, 6.07) is 4.37. The Morgan fingerprint density at radius 3 is 3.07 bits per heavy atom. The van der Waals surface area contributed by atoms with Crippen molar-refractivity contribution in [2.24, 2.45) is 5.73 Å². The summed E-state index contributed by atoms with van der Waals surface area (Å²) < 4.78 is 2.15. The number of aromatic nitrogens is 2. The molecule has 3 nitrogen and oxygen atoms in total. The summed E-state index contributed by atoms with van der Waals surface area (Å²) in [6.45, 7) is 4.85. The van der Waals surface area contributed by atoms with E-state index in [1.165, 1.54) is 5.39 Å². The molecule has 0 amide bonds. The van der Waals surface area contributed by atoms with Gasteiger partial charge in [-0.15, -0.1) is 0 Å². The van der Waals surface area contributed by atoms with Crippen LogP contribution in [0.25, 0.3) is 10.9 Å². The van der Waals surface area contributed by atoms with Crippen LogP contribution in [0.2, 0.25) is 0 Å². The molecular weight excluding hydrogens is 174 g/mol. The molecule has 0 bridgehead atoms. The molecule has 14 heavy (non-hydrogen) atoms. The van der Waals surface area contributed by atoms with Crippen molar-refractivity contribution in [3.63, 3.8) is 0 Å². The number of fused-ring (bicyclic) bond motifs is 1. The lowest BCUT2D eigenvalue weighted by Gasteiger charge is -2.07. The third-order valence-electron chi connectivity index (χ3n) is 2.28. The van der Waals surface area contributed by atoms with E-state index in [0.717, 1.165) is 17.8 Å². The molecule has 2 aromatic rings. The average molecular weight is 189 g/mol. The summed E-state index contributed by atoms with van der Waals surface area (Å²) in [7, 11) is 0. The Morgan fingerprint density at radius 2 is 2.36 bits per heavy atom. The second-order valence-corrected chi connectivity index (χ2v) is 3.83. The third kappa shape index (κ3) is 1.63. The zero-order valence-corrected chi connectivity index (χ0v) is 8.57. The lowest BCUT2D eigenvalue weighted by Crippen LogP contribution is -2.21. The van der Waals surface area contributed by atoms with Crippen LogP contribution in [0.4, 0.5) is 0 Å². The first kappa shape index (κ1) is 9.21. The van der Waals surface area contributed by atoms with E-state index < -0.39 is 0 Å². The lowest BCUT2D eigenvalue weighted by atomic mass is 10.3. The minimum atomic E-state index is 0.173. The van der Waals surface area contributed by atoms with Gasteiger partial charge in [-0.25, -0.2) is 0 Å². The fourth-order valence-corrected chi connectivity index (χ4v) is 1.67. The Morgan fingerprint density at radius 1 is 1.57 bits per heavy atom. The number of hydrogen-bond acceptors (Lipinski definition) is 2. The minimum absolute atomic E-state index is 0.173. The van der Waals surface area contributed by atoms with Crippen LogP contribution in [0.1, 0.15) is 12.6 Å². The molecule has 0 aliphatic carbocycles. The van der Waals surface area contributed by atoms with E-state index in [1.54, 1.807) is 0 Å². The van der Waals surface area contributed by atoms with Crippen LogP contribution >= 0.6 is 0 Å². The number of nitrogens with two attached hydrogens (primary N) is 1. The first-order valence-electron chi connectivity index (χ1n) is 4.84. The van der Waals surface area contributed by atoms with E-state index in [2.05, 4.69) is 27.9 Å². The zero-order valence-electron chi connectivity index (χ0n) is 8.57. The van der Waals surface area contributed by atoms with E-state index in [-0.39, 0.29) is 6.04 Å². The van der Waals surface area contributed by atoms with Crippen molar-refractivity contribution < 1.29 is 0 Å². The molecular formula is C11H15N3. The summed E-state index contributed by atoms with van der Waals surface area (Å²) >= 11 is 0. The van der Waals surface area contributed by atoms with Crippen molar-refractivity contribution in [1.82, 2.24) is 9.55 Å². The molecule has 0 spiro atoms. The van der Waals surface area contributed by atoms with Gasteiger partial charge in [0.05, 0.1) is 11.7 Å². The van der Waals surface area contributed by atoms with Gasteiger partial charge in [-0.05, 0) is 26.0 Å². The predicted molar refractivity (Wildman–Crippen MR) is 58.1 cm³/mol. The molecule has 0 aliphatic heterocycles. The molecule has 2 heterocycles. The van der Waals surface area contributed by atoms with Gasteiger partial charge in [-0.1, -0.05) is 0 Å². The quantitative estimate of drug-likeness (QED) is 0.781. The highest BCUT2D eigenvalue weighted by atomic mass is 15.0. The Balaban J connectivity index is 2.47. The van der Waals surface area contributed by atoms with Gasteiger partial charge in [0.1, 0.15) is 0 Å². The molecule has 2 aromatic heterocycles. The van der Waals surface area contributed by atoms with Gasteiger partial charge in [-0.2, -0.15) is 0 Å². The van der Waals surface area contributed by atoms with E-state index in [0.29, 0.717) is 0 Å². The number of pyridine rings is 1. The van der Waals surface area contributed by atoms with Crippen LogP contribution < -0.4 is 5.73 Å². The highest BCUT2D eigenvalue weighted by Crippen LogP contribution is 2.15. The number of aryl methyl sites for hydroxylation is 1. The van der Waals surface area contributed by atoms with Crippen LogP contribution in [0.5, 0.6) is 0 Å². The van der Waals surface area contributed by atoms with Crippen molar-refractivity contribution in [3.05, 3.63) is 30.2 Å². The molecule has 0 radical (unpaired) electrons. The lowest BCUT2D eigenvalue weighted by molar-refractivity contribution is 0.605. The third-order valence-corrected chi connectivity index (χ3v) is 2.28. The summed E-state index contributed by atoms with van der Waals surface area (Å²) in [5.74, 6) is 0. The minimum Gasteiger partial charge on any atom is -0.345 e. The van der Waals surface area contributed by atoms with Gasteiger partial charge >= 0.3 is 0 Å². The maximum absolute atomic E-state index is 5.76. The van der Waals surface area contributed by atoms with E-state index in [1.807, 2.05) is 20.0 Å². The standard InChI is InChI=1S/C11H15N3/c1-8(12)7-14-4-3-10-5-9(2)13-6-11(10)14/h3-6,8H,7,12H2,1-2H3/t8-/m1/s1. The molecule has 0 aromatic carbocycles. The second kappa shape index (κ2) is 3.42. The SMILES string of the molecule is Cc1cc2ccn(C[C@@H](C)N)c2cn1. The maximum Gasteiger partial charge on any atom is 0.0667 e. The molecule has 0 saturated heterocycles. The van der Waals surface area contributed by atoms with Crippen molar-refractivity contribution in [3.8, 4) is 0 Å². The molecule has 0 saturated carbocycles. The van der Waals surface area contributed by atoms with E-state index >= 15 is 0 Å².